The van der Waals surface area contributed by atoms with Crippen LogP contribution in [0.3, 0.4) is 0 Å². The van der Waals surface area contributed by atoms with Gasteiger partial charge < -0.3 is 10.4 Å². The molecule has 2 N–H and O–H groups in total. The summed E-state index contributed by atoms with van der Waals surface area (Å²) in [7, 11) is 0. The average Bonchev–Trinajstić information content (AvgIpc) is 2.70. The molecule has 1 aliphatic carbocycles. The number of hydrogen-bond donors (Lipinski definition) is 2. The van der Waals surface area contributed by atoms with E-state index in [1.807, 2.05) is 42.5 Å². The monoisotopic (exact) mass is 372 g/mol. The molecule has 28 heavy (non-hydrogen) atoms. The van der Waals surface area contributed by atoms with Crippen molar-refractivity contribution in [3.05, 3.63) is 75.2 Å². The van der Waals surface area contributed by atoms with Crippen molar-refractivity contribution in [1.29, 1.82) is 0 Å². The van der Waals surface area contributed by atoms with E-state index >= 15 is 0 Å². The number of rotatable bonds is 3. The van der Waals surface area contributed by atoms with Crippen LogP contribution >= 0.6 is 0 Å². The van der Waals surface area contributed by atoms with Gasteiger partial charge in [-0.3, -0.25) is 9.36 Å². The number of terminal acetylenes is 1. The van der Waals surface area contributed by atoms with Crippen molar-refractivity contribution in [2.45, 2.75) is 32.2 Å². The number of pyridine rings is 1. The lowest BCUT2D eigenvalue weighted by molar-refractivity contribution is 0.190. The predicted molar refractivity (Wildman–Crippen MR) is 109 cm³/mol. The number of nitrogens with zero attached hydrogens (tertiary/aromatic N) is 1. The van der Waals surface area contributed by atoms with Crippen LogP contribution in [0.2, 0.25) is 0 Å². The van der Waals surface area contributed by atoms with Crippen LogP contribution in [0.1, 0.15) is 41.8 Å². The number of aryl methyl sites for hydroxylation is 2. The van der Waals surface area contributed by atoms with Crippen molar-refractivity contribution in [3.63, 3.8) is 0 Å². The Morgan fingerprint density at radius 1 is 1.18 bits per heavy atom. The fourth-order valence-electron chi connectivity index (χ4n) is 4.28. The number of amides is 1. The first kappa shape index (κ1) is 17.9. The van der Waals surface area contributed by atoms with Crippen LogP contribution < -0.4 is 10.9 Å². The van der Waals surface area contributed by atoms with E-state index in [0.717, 1.165) is 35.8 Å². The number of para-hydroxylation sites is 1. The second-order valence-electron chi connectivity index (χ2n) is 7.03. The zero-order valence-corrected chi connectivity index (χ0v) is 15.5. The maximum atomic E-state index is 13.7. The Morgan fingerprint density at radius 3 is 2.61 bits per heavy atom. The number of carboxylic acid groups (broad SMARTS) is 1. The topological polar surface area (TPSA) is 71.3 Å². The number of carbonyl (C=O) groups is 1. The molecule has 5 nitrogen and oxygen atoms in total. The van der Waals surface area contributed by atoms with Gasteiger partial charge in [0.05, 0.1) is 17.1 Å². The molecule has 140 valence electrons. The van der Waals surface area contributed by atoms with Gasteiger partial charge in [0.2, 0.25) is 0 Å². The minimum absolute atomic E-state index is 0.212. The number of aromatic nitrogens is 1. The molecule has 0 saturated carbocycles. The molecule has 0 spiro atoms. The molecule has 1 heterocycles. The molecule has 0 unspecified atom stereocenters. The first-order chi connectivity index (χ1) is 13.5. The van der Waals surface area contributed by atoms with Crippen LogP contribution in [0.5, 0.6) is 0 Å². The lowest BCUT2D eigenvalue weighted by Crippen LogP contribution is -2.33. The smallest absolute Gasteiger partial charge is 0.405 e. The molecule has 0 radical (unpaired) electrons. The SMILES string of the molecule is C#Cc1ccc2c3c(c([C@H](C)NC(=O)O)n(-c4ccccc4)c(=O)c13)CCC2. The van der Waals surface area contributed by atoms with E-state index in [1.165, 1.54) is 0 Å². The summed E-state index contributed by atoms with van der Waals surface area (Å²) in [5.74, 6) is 2.65. The van der Waals surface area contributed by atoms with Crippen LogP contribution in [0.15, 0.2) is 47.3 Å². The Hall–Kier alpha value is -3.52. The van der Waals surface area contributed by atoms with Crippen LogP contribution in [-0.2, 0) is 12.8 Å². The van der Waals surface area contributed by atoms with Gasteiger partial charge in [-0.25, -0.2) is 4.79 Å². The molecule has 0 fully saturated rings. The molecule has 1 amide bonds. The third kappa shape index (κ3) is 2.74. The van der Waals surface area contributed by atoms with Gasteiger partial charge in [-0.15, -0.1) is 6.42 Å². The third-order valence-corrected chi connectivity index (χ3v) is 5.35. The van der Waals surface area contributed by atoms with E-state index in [9.17, 15) is 14.7 Å². The Balaban J connectivity index is 2.20. The molecule has 0 bridgehead atoms. The van der Waals surface area contributed by atoms with Crippen LogP contribution in [0.4, 0.5) is 4.79 Å². The summed E-state index contributed by atoms with van der Waals surface area (Å²) in [6.45, 7) is 1.77. The number of hydrogen-bond acceptors (Lipinski definition) is 2. The van der Waals surface area contributed by atoms with E-state index in [1.54, 1.807) is 11.5 Å². The second kappa shape index (κ2) is 6.90. The zero-order chi connectivity index (χ0) is 19.8. The second-order valence-corrected chi connectivity index (χ2v) is 7.03. The highest BCUT2D eigenvalue weighted by Crippen LogP contribution is 2.35. The summed E-state index contributed by atoms with van der Waals surface area (Å²) in [5.41, 5.74) is 3.83. The van der Waals surface area contributed by atoms with E-state index < -0.39 is 12.1 Å². The van der Waals surface area contributed by atoms with E-state index in [-0.39, 0.29) is 5.56 Å². The molecule has 1 aromatic heterocycles. The maximum Gasteiger partial charge on any atom is 0.405 e. The molecule has 4 rings (SSSR count). The first-order valence-corrected chi connectivity index (χ1v) is 9.27. The molecule has 3 aromatic rings. The third-order valence-electron chi connectivity index (χ3n) is 5.35. The fraction of sp³-hybridized carbons (Fsp3) is 0.217. The van der Waals surface area contributed by atoms with Crippen LogP contribution in [0.25, 0.3) is 16.5 Å². The summed E-state index contributed by atoms with van der Waals surface area (Å²) in [6.07, 6.45) is 7.17. The zero-order valence-electron chi connectivity index (χ0n) is 15.5. The fourth-order valence-corrected chi connectivity index (χ4v) is 4.28. The largest absolute Gasteiger partial charge is 0.465 e. The van der Waals surface area contributed by atoms with E-state index in [4.69, 9.17) is 6.42 Å². The molecular formula is C23H20N2O3. The Kier molecular flexibility index (Phi) is 4.40. The minimum Gasteiger partial charge on any atom is -0.465 e. The van der Waals surface area contributed by atoms with Gasteiger partial charge in [-0.2, -0.15) is 0 Å². The normalized spacial score (nSPS) is 13.7. The highest BCUT2D eigenvalue weighted by atomic mass is 16.4. The van der Waals surface area contributed by atoms with Gasteiger partial charge in [0.15, 0.2) is 0 Å². The number of nitrogens with one attached hydrogen (secondary N) is 1. The molecule has 0 aliphatic heterocycles. The predicted octanol–water partition coefficient (Wildman–Crippen LogP) is 3.79. The van der Waals surface area contributed by atoms with Crippen LogP contribution in [-0.4, -0.2) is 15.8 Å². The van der Waals surface area contributed by atoms with Gasteiger partial charge in [0.25, 0.3) is 5.56 Å². The lowest BCUT2D eigenvalue weighted by Gasteiger charge is -2.27. The standard InChI is InChI=1S/C23H20N2O3/c1-3-15-12-13-16-8-7-11-18-19(16)20(15)22(26)25(17-9-5-4-6-10-17)21(18)14(2)24-23(27)28/h1,4-6,9-10,12-14,24H,7-8,11H2,2H3,(H,27,28)/t14-/m0/s1. The molecule has 0 saturated heterocycles. The first-order valence-electron chi connectivity index (χ1n) is 9.27. The van der Waals surface area contributed by atoms with E-state index in [2.05, 4.69) is 11.2 Å². The number of benzene rings is 2. The van der Waals surface area contributed by atoms with Gasteiger partial charge in [-0.1, -0.05) is 30.2 Å². The Bertz CT molecular complexity index is 1190. The van der Waals surface area contributed by atoms with Crippen LogP contribution in [0, 0.1) is 12.3 Å². The molecule has 1 aliphatic rings. The highest BCUT2D eigenvalue weighted by molar-refractivity contribution is 5.94. The van der Waals surface area contributed by atoms with Gasteiger partial charge in [0, 0.05) is 11.3 Å². The van der Waals surface area contributed by atoms with Crippen molar-refractivity contribution in [2.75, 3.05) is 0 Å². The molecular weight excluding hydrogens is 352 g/mol. The highest BCUT2D eigenvalue weighted by Gasteiger charge is 2.27. The van der Waals surface area contributed by atoms with Gasteiger partial charge >= 0.3 is 6.09 Å². The Morgan fingerprint density at radius 2 is 1.93 bits per heavy atom. The molecule has 2 aromatic carbocycles. The molecule has 1 atom stereocenters. The Labute approximate surface area is 162 Å². The van der Waals surface area contributed by atoms with Gasteiger partial charge in [-0.05, 0) is 60.9 Å². The van der Waals surface area contributed by atoms with Crippen molar-refractivity contribution in [2.24, 2.45) is 0 Å². The summed E-state index contributed by atoms with van der Waals surface area (Å²) in [5, 5.41) is 13.2. The van der Waals surface area contributed by atoms with Crippen molar-refractivity contribution in [1.82, 2.24) is 9.88 Å². The van der Waals surface area contributed by atoms with Crippen molar-refractivity contribution < 1.29 is 9.90 Å². The van der Waals surface area contributed by atoms with Gasteiger partial charge in [0.1, 0.15) is 0 Å². The maximum absolute atomic E-state index is 13.7. The van der Waals surface area contributed by atoms with Crippen molar-refractivity contribution >= 4 is 16.9 Å². The average molecular weight is 372 g/mol. The summed E-state index contributed by atoms with van der Waals surface area (Å²) in [6, 6.07) is 12.6. The summed E-state index contributed by atoms with van der Waals surface area (Å²) >= 11 is 0. The van der Waals surface area contributed by atoms with Crippen molar-refractivity contribution in [3.8, 4) is 18.0 Å². The summed E-state index contributed by atoms with van der Waals surface area (Å²) in [4.78, 5) is 25.0. The van der Waals surface area contributed by atoms with E-state index in [0.29, 0.717) is 22.3 Å². The molecule has 5 heteroatoms. The minimum atomic E-state index is -1.12. The summed E-state index contributed by atoms with van der Waals surface area (Å²) < 4.78 is 1.62. The lowest BCUT2D eigenvalue weighted by atomic mass is 9.85. The quantitative estimate of drug-likeness (QED) is 0.687.